The minimum absolute atomic E-state index is 0.577. The highest BCUT2D eigenvalue weighted by Gasteiger charge is 2.13. The molecule has 4 aromatic rings. The van der Waals surface area contributed by atoms with Crippen LogP contribution in [0.1, 0.15) is 5.56 Å². The number of pyridine rings is 1. The molecule has 0 atom stereocenters. The van der Waals surface area contributed by atoms with Gasteiger partial charge in [0.1, 0.15) is 13.2 Å². The van der Waals surface area contributed by atoms with Crippen LogP contribution in [0.15, 0.2) is 61.3 Å². The fourth-order valence-electron chi connectivity index (χ4n) is 3.09. The van der Waals surface area contributed by atoms with Crippen LogP contribution in [0.4, 0.5) is 5.82 Å². The van der Waals surface area contributed by atoms with E-state index in [0.29, 0.717) is 19.8 Å². The van der Waals surface area contributed by atoms with Gasteiger partial charge in [0.2, 0.25) is 0 Å². The molecule has 0 radical (unpaired) electrons. The van der Waals surface area contributed by atoms with E-state index < -0.39 is 0 Å². The number of nitrogens with one attached hydrogen (secondary N) is 1. The first-order valence-electron chi connectivity index (χ1n) is 8.73. The molecule has 1 N–H and O–H groups in total. The molecule has 4 heterocycles. The number of benzene rings is 1. The van der Waals surface area contributed by atoms with E-state index in [4.69, 9.17) is 14.5 Å². The molecule has 0 fully saturated rings. The van der Waals surface area contributed by atoms with Gasteiger partial charge in [-0.2, -0.15) is 0 Å². The van der Waals surface area contributed by atoms with Crippen LogP contribution in [0, 0.1) is 0 Å². The Bertz CT molecular complexity index is 1090. The molecule has 3 aromatic heterocycles. The smallest absolute Gasteiger partial charge is 0.180 e. The van der Waals surface area contributed by atoms with Gasteiger partial charge < -0.3 is 19.2 Å². The second-order valence-electron chi connectivity index (χ2n) is 6.21. The van der Waals surface area contributed by atoms with E-state index >= 15 is 0 Å². The Kier molecular flexibility index (Phi) is 3.82. The van der Waals surface area contributed by atoms with Crippen molar-refractivity contribution in [2.75, 3.05) is 18.5 Å². The van der Waals surface area contributed by atoms with E-state index in [0.717, 1.165) is 39.8 Å². The van der Waals surface area contributed by atoms with Crippen LogP contribution in [0.5, 0.6) is 11.5 Å². The summed E-state index contributed by atoms with van der Waals surface area (Å²) in [7, 11) is 0. The zero-order valence-electron chi connectivity index (χ0n) is 14.5. The molecule has 0 bridgehead atoms. The number of rotatable bonds is 4. The first kappa shape index (κ1) is 15.6. The van der Waals surface area contributed by atoms with Crippen LogP contribution in [-0.2, 0) is 6.54 Å². The van der Waals surface area contributed by atoms with E-state index in [9.17, 15) is 0 Å². The Hall–Kier alpha value is -3.61. The molecule has 27 heavy (non-hydrogen) atoms. The normalized spacial score (nSPS) is 12.9. The average molecular weight is 359 g/mol. The van der Waals surface area contributed by atoms with Crippen molar-refractivity contribution in [2.45, 2.75) is 6.54 Å². The molecule has 7 heteroatoms. The van der Waals surface area contributed by atoms with Gasteiger partial charge in [-0.15, -0.1) is 0 Å². The maximum Gasteiger partial charge on any atom is 0.180 e. The fourth-order valence-corrected chi connectivity index (χ4v) is 3.09. The Balaban J connectivity index is 1.45. The number of fused-ring (bicyclic) bond motifs is 2. The molecule has 1 aliphatic heterocycles. The van der Waals surface area contributed by atoms with E-state index in [2.05, 4.69) is 15.3 Å². The van der Waals surface area contributed by atoms with Crippen molar-refractivity contribution >= 4 is 11.5 Å². The SMILES string of the molecule is c1cncc(-c2cn3ccnc3c(NCc3ccc4c(c3)OCCO4)n2)c1. The number of aromatic nitrogens is 4. The van der Waals surface area contributed by atoms with Gasteiger partial charge in [0.25, 0.3) is 0 Å². The number of nitrogens with zero attached hydrogens (tertiary/aromatic N) is 4. The summed E-state index contributed by atoms with van der Waals surface area (Å²) in [5.74, 6) is 2.29. The quantitative estimate of drug-likeness (QED) is 0.603. The number of hydrogen-bond acceptors (Lipinski definition) is 6. The maximum absolute atomic E-state index is 5.66. The number of hydrogen-bond donors (Lipinski definition) is 1. The van der Waals surface area contributed by atoms with Crippen LogP contribution < -0.4 is 14.8 Å². The van der Waals surface area contributed by atoms with Gasteiger partial charge in [0, 0.05) is 43.1 Å². The lowest BCUT2D eigenvalue weighted by molar-refractivity contribution is 0.171. The topological polar surface area (TPSA) is 73.6 Å². The van der Waals surface area contributed by atoms with Crippen molar-refractivity contribution in [1.82, 2.24) is 19.4 Å². The predicted octanol–water partition coefficient (Wildman–Crippen LogP) is 3.17. The summed E-state index contributed by atoms with van der Waals surface area (Å²) in [5.41, 5.74) is 3.64. The van der Waals surface area contributed by atoms with E-state index in [-0.39, 0.29) is 0 Å². The van der Waals surface area contributed by atoms with Gasteiger partial charge >= 0.3 is 0 Å². The lowest BCUT2D eigenvalue weighted by Crippen LogP contribution is -2.15. The van der Waals surface area contributed by atoms with Gasteiger partial charge in [-0.25, -0.2) is 9.97 Å². The minimum Gasteiger partial charge on any atom is -0.486 e. The maximum atomic E-state index is 5.66. The molecule has 7 nitrogen and oxygen atoms in total. The summed E-state index contributed by atoms with van der Waals surface area (Å²) >= 11 is 0. The van der Waals surface area contributed by atoms with Crippen molar-refractivity contribution in [3.8, 4) is 22.8 Å². The summed E-state index contributed by atoms with van der Waals surface area (Å²) in [6.07, 6.45) is 9.18. The first-order valence-corrected chi connectivity index (χ1v) is 8.73. The summed E-state index contributed by atoms with van der Waals surface area (Å²) in [6, 6.07) is 9.85. The molecule has 0 unspecified atom stereocenters. The third-order valence-electron chi connectivity index (χ3n) is 4.40. The molecule has 0 saturated heterocycles. The minimum atomic E-state index is 0.577. The van der Waals surface area contributed by atoms with Crippen LogP contribution in [0.2, 0.25) is 0 Å². The lowest BCUT2D eigenvalue weighted by atomic mass is 10.2. The highest BCUT2D eigenvalue weighted by atomic mass is 16.6. The van der Waals surface area contributed by atoms with E-state index in [1.807, 2.05) is 47.1 Å². The van der Waals surface area contributed by atoms with Gasteiger partial charge in [-0.1, -0.05) is 6.07 Å². The molecule has 134 valence electrons. The summed E-state index contributed by atoms with van der Waals surface area (Å²) in [4.78, 5) is 13.4. The van der Waals surface area contributed by atoms with Crippen molar-refractivity contribution in [3.63, 3.8) is 0 Å². The highest BCUT2D eigenvalue weighted by Crippen LogP contribution is 2.31. The molecule has 0 spiro atoms. The molecular formula is C20H17N5O2. The van der Waals surface area contributed by atoms with Crippen LogP contribution in [-0.4, -0.2) is 32.6 Å². The lowest BCUT2D eigenvalue weighted by Gasteiger charge is -2.19. The molecular weight excluding hydrogens is 342 g/mol. The largest absolute Gasteiger partial charge is 0.486 e. The van der Waals surface area contributed by atoms with Gasteiger partial charge in [-0.05, 0) is 29.8 Å². The summed E-state index contributed by atoms with van der Waals surface area (Å²) in [6.45, 7) is 1.77. The molecule has 0 amide bonds. The first-order chi connectivity index (χ1) is 13.4. The van der Waals surface area contributed by atoms with Crippen LogP contribution in [0.3, 0.4) is 0 Å². The Morgan fingerprint density at radius 2 is 2.00 bits per heavy atom. The van der Waals surface area contributed by atoms with Gasteiger partial charge in [-0.3, -0.25) is 4.98 Å². The molecule has 0 aliphatic carbocycles. The van der Waals surface area contributed by atoms with Crippen LogP contribution >= 0.6 is 0 Å². The summed E-state index contributed by atoms with van der Waals surface area (Å²) in [5, 5.41) is 3.40. The zero-order chi connectivity index (χ0) is 18.1. The van der Waals surface area contributed by atoms with Crippen LogP contribution in [0.25, 0.3) is 16.9 Å². The third-order valence-corrected chi connectivity index (χ3v) is 4.40. The highest BCUT2D eigenvalue weighted by molar-refractivity contribution is 5.69. The molecule has 0 saturated carbocycles. The molecule has 1 aliphatic rings. The van der Waals surface area contributed by atoms with Crippen molar-refractivity contribution in [2.24, 2.45) is 0 Å². The summed E-state index contributed by atoms with van der Waals surface area (Å²) < 4.78 is 13.2. The Morgan fingerprint density at radius 3 is 2.89 bits per heavy atom. The van der Waals surface area contributed by atoms with Gasteiger partial charge in [0.05, 0.1) is 5.69 Å². The van der Waals surface area contributed by atoms with Crippen molar-refractivity contribution in [1.29, 1.82) is 0 Å². The van der Waals surface area contributed by atoms with Crippen molar-refractivity contribution < 1.29 is 9.47 Å². The number of ether oxygens (including phenoxy) is 2. The Morgan fingerprint density at radius 1 is 1.07 bits per heavy atom. The Labute approximate surface area is 155 Å². The van der Waals surface area contributed by atoms with E-state index in [1.54, 1.807) is 18.6 Å². The zero-order valence-corrected chi connectivity index (χ0v) is 14.5. The van der Waals surface area contributed by atoms with Crippen molar-refractivity contribution in [3.05, 3.63) is 66.9 Å². The number of imidazole rings is 1. The predicted molar refractivity (Wildman–Crippen MR) is 101 cm³/mol. The second-order valence-corrected chi connectivity index (χ2v) is 6.21. The second kappa shape index (κ2) is 6.60. The standard InChI is InChI=1S/C20H17N5O2/c1-2-15(12-21-5-1)16-13-25-7-6-22-20(25)19(24-16)23-11-14-3-4-17-18(10-14)27-9-8-26-17/h1-7,10,12-13H,8-9,11H2,(H,23,24). The molecule has 5 rings (SSSR count). The fraction of sp³-hybridized carbons (Fsp3) is 0.150. The average Bonchev–Trinajstić information content (AvgIpc) is 3.21. The number of anilines is 1. The third kappa shape index (κ3) is 3.03. The molecule has 1 aromatic carbocycles. The van der Waals surface area contributed by atoms with Gasteiger partial charge in [0.15, 0.2) is 23.0 Å². The monoisotopic (exact) mass is 359 g/mol. The van der Waals surface area contributed by atoms with E-state index in [1.165, 1.54) is 0 Å².